The molecule has 19 heavy (non-hydrogen) atoms. The highest BCUT2D eigenvalue weighted by molar-refractivity contribution is 5.94. The topological polar surface area (TPSA) is 58.4 Å². The van der Waals surface area contributed by atoms with Crippen LogP contribution in [0.15, 0.2) is 24.3 Å². The average molecular weight is 263 g/mol. The Morgan fingerprint density at radius 2 is 2.05 bits per heavy atom. The molecule has 0 aliphatic heterocycles. The van der Waals surface area contributed by atoms with Crippen molar-refractivity contribution in [2.24, 2.45) is 17.6 Å². The van der Waals surface area contributed by atoms with Crippen LogP contribution in [0.2, 0.25) is 0 Å². The van der Waals surface area contributed by atoms with Gasteiger partial charge in [-0.05, 0) is 36.6 Å². The first-order chi connectivity index (χ1) is 8.95. The highest BCUT2D eigenvalue weighted by Crippen LogP contribution is 2.15. The van der Waals surface area contributed by atoms with E-state index in [9.17, 15) is 4.79 Å². The zero-order valence-corrected chi connectivity index (χ0v) is 12.3. The van der Waals surface area contributed by atoms with Crippen molar-refractivity contribution in [3.63, 3.8) is 0 Å². The van der Waals surface area contributed by atoms with E-state index in [0.29, 0.717) is 23.9 Å². The Morgan fingerprint density at radius 3 is 2.58 bits per heavy atom. The summed E-state index contributed by atoms with van der Waals surface area (Å²) in [5, 5.41) is 3.36. The monoisotopic (exact) mass is 263 g/mol. The molecule has 106 valence electrons. The zero-order valence-electron chi connectivity index (χ0n) is 12.3. The molecule has 1 aromatic rings. The van der Waals surface area contributed by atoms with Gasteiger partial charge in [-0.1, -0.05) is 19.9 Å². The van der Waals surface area contributed by atoms with Gasteiger partial charge in [-0.3, -0.25) is 4.79 Å². The predicted molar refractivity (Wildman–Crippen MR) is 80.3 cm³/mol. The lowest BCUT2D eigenvalue weighted by Gasteiger charge is -2.20. The number of hydrogen-bond acceptors (Lipinski definition) is 3. The highest BCUT2D eigenvalue weighted by Gasteiger charge is 2.12. The van der Waals surface area contributed by atoms with E-state index in [4.69, 9.17) is 5.73 Å². The molecular formula is C15H25N3O. The summed E-state index contributed by atoms with van der Waals surface area (Å²) in [6.07, 6.45) is 0. The second kappa shape index (κ2) is 7.14. The van der Waals surface area contributed by atoms with Gasteiger partial charge in [-0.2, -0.15) is 0 Å². The van der Waals surface area contributed by atoms with Gasteiger partial charge in [0.25, 0.3) is 5.91 Å². The molecule has 0 saturated heterocycles. The molecule has 0 aliphatic carbocycles. The number of nitrogens with one attached hydrogen (secondary N) is 1. The number of benzene rings is 1. The Balaban J connectivity index is 2.70. The lowest BCUT2D eigenvalue weighted by molar-refractivity contribution is 0.0827. The van der Waals surface area contributed by atoms with E-state index >= 15 is 0 Å². The molecule has 1 rings (SSSR count). The summed E-state index contributed by atoms with van der Waals surface area (Å²) in [7, 11) is 3.51. The minimum absolute atomic E-state index is 0.0166. The fourth-order valence-electron chi connectivity index (χ4n) is 1.86. The van der Waals surface area contributed by atoms with Gasteiger partial charge in [0.05, 0.1) is 0 Å². The maximum Gasteiger partial charge on any atom is 0.253 e. The number of nitrogens with two attached hydrogens (primary N) is 1. The number of carbonyl (C=O) groups excluding carboxylic acids is 1. The molecule has 1 atom stereocenters. The molecule has 0 spiro atoms. The van der Waals surface area contributed by atoms with Gasteiger partial charge in [-0.25, -0.2) is 0 Å². The van der Waals surface area contributed by atoms with Crippen LogP contribution in [0, 0.1) is 11.8 Å². The molecule has 4 nitrogen and oxygen atoms in total. The van der Waals surface area contributed by atoms with Crippen LogP contribution in [-0.2, 0) is 0 Å². The first-order valence-corrected chi connectivity index (χ1v) is 6.71. The Bertz CT molecular complexity index is 416. The normalized spacial score (nSPS) is 12.3. The van der Waals surface area contributed by atoms with Gasteiger partial charge < -0.3 is 16.0 Å². The Labute approximate surface area is 116 Å². The fraction of sp³-hybridized carbons (Fsp3) is 0.533. The van der Waals surface area contributed by atoms with Crippen LogP contribution in [-0.4, -0.2) is 38.0 Å². The summed E-state index contributed by atoms with van der Waals surface area (Å²) in [6, 6.07) is 7.58. The molecule has 0 radical (unpaired) electrons. The summed E-state index contributed by atoms with van der Waals surface area (Å²) in [4.78, 5) is 13.5. The second-order valence-electron chi connectivity index (χ2n) is 5.40. The van der Waals surface area contributed by atoms with E-state index < -0.39 is 0 Å². The van der Waals surface area contributed by atoms with Crippen molar-refractivity contribution in [2.75, 3.05) is 32.5 Å². The van der Waals surface area contributed by atoms with Crippen LogP contribution < -0.4 is 11.1 Å². The molecule has 0 saturated carbocycles. The molecule has 1 unspecified atom stereocenters. The van der Waals surface area contributed by atoms with Gasteiger partial charge in [0.15, 0.2) is 0 Å². The summed E-state index contributed by atoms with van der Waals surface area (Å²) in [6.45, 7) is 5.84. The first kappa shape index (κ1) is 15.5. The molecule has 1 aromatic carbocycles. The van der Waals surface area contributed by atoms with Crippen LogP contribution in [0.1, 0.15) is 24.2 Å². The molecule has 0 aromatic heterocycles. The van der Waals surface area contributed by atoms with E-state index in [1.54, 1.807) is 19.0 Å². The Kier molecular flexibility index (Phi) is 5.83. The molecular weight excluding hydrogens is 238 g/mol. The molecule has 0 aliphatic rings. The summed E-state index contributed by atoms with van der Waals surface area (Å²) in [5.41, 5.74) is 7.42. The quantitative estimate of drug-likeness (QED) is 0.825. The van der Waals surface area contributed by atoms with Crippen LogP contribution in [0.3, 0.4) is 0 Å². The van der Waals surface area contributed by atoms with Gasteiger partial charge in [0.2, 0.25) is 0 Å². The zero-order chi connectivity index (χ0) is 14.4. The standard InChI is InChI=1S/C15H25N3O/c1-11(2)13(9-16)10-17-14-7-5-6-12(8-14)15(19)18(3)4/h5-8,11,13,17H,9-10,16H2,1-4H3. The molecule has 3 N–H and O–H groups in total. The molecule has 0 bridgehead atoms. The number of hydrogen-bond donors (Lipinski definition) is 2. The number of carbonyl (C=O) groups is 1. The van der Waals surface area contributed by atoms with Crippen molar-refractivity contribution in [1.29, 1.82) is 0 Å². The minimum atomic E-state index is 0.0166. The Morgan fingerprint density at radius 1 is 1.37 bits per heavy atom. The second-order valence-corrected chi connectivity index (χ2v) is 5.40. The molecule has 0 fully saturated rings. The highest BCUT2D eigenvalue weighted by atomic mass is 16.2. The van der Waals surface area contributed by atoms with E-state index in [1.165, 1.54) is 0 Å². The van der Waals surface area contributed by atoms with E-state index in [-0.39, 0.29) is 5.91 Å². The first-order valence-electron chi connectivity index (χ1n) is 6.71. The Hall–Kier alpha value is -1.55. The van der Waals surface area contributed by atoms with E-state index in [0.717, 1.165) is 12.2 Å². The van der Waals surface area contributed by atoms with Crippen molar-refractivity contribution >= 4 is 11.6 Å². The van der Waals surface area contributed by atoms with E-state index in [2.05, 4.69) is 19.2 Å². The predicted octanol–water partition coefficient (Wildman–Crippen LogP) is 2.03. The van der Waals surface area contributed by atoms with Crippen LogP contribution in [0.5, 0.6) is 0 Å². The minimum Gasteiger partial charge on any atom is -0.385 e. The maximum absolute atomic E-state index is 11.9. The fourth-order valence-corrected chi connectivity index (χ4v) is 1.86. The third-order valence-corrected chi connectivity index (χ3v) is 3.33. The lowest BCUT2D eigenvalue weighted by atomic mass is 9.96. The van der Waals surface area contributed by atoms with Crippen molar-refractivity contribution in [2.45, 2.75) is 13.8 Å². The smallest absolute Gasteiger partial charge is 0.253 e. The van der Waals surface area contributed by atoms with Crippen LogP contribution >= 0.6 is 0 Å². The average Bonchev–Trinajstić information content (AvgIpc) is 2.38. The summed E-state index contributed by atoms with van der Waals surface area (Å²) < 4.78 is 0. The SMILES string of the molecule is CC(C)C(CN)CNc1cccc(C(=O)N(C)C)c1. The summed E-state index contributed by atoms with van der Waals surface area (Å²) >= 11 is 0. The third-order valence-electron chi connectivity index (χ3n) is 3.33. The number of anilines is 1. The number of amides is 1. The largest absolute Gasteiger partial charge is 0.385 e. The van der Waals surface area contributed by atoms with Crippen molar-refractivity contribution < 1.29 is 4.79 Å². The molecule has 1 amide bonds. The molecule has 0 heterocycles. The van der Waals surface area contributed by atoms with Gasteiger partial charge >= 0.3 is 0 Å². The van der Waals surface area contributed by atoms with Crippen molar-refractivity contribution in [3.8, 4) is 0 Å². The number of rotatable bonds is 6. The lowest BCUT2D eigenvalue weighted by Crippen LogP contribution is -2.27. The molecule has 4 heteroatoms. The van der Waals surface area contributed by atoms with Gasteiger partial charge in [0, 0.05) is 31.9 Å². The van der Waals surface area contributed by atoms with Crippen molar-refractivity contribution in [1.82, 2.24) is 4.90 Å². The van der Waals surface area contributed by atoms with Crippen LogP contribution in [0.25, 0.3) is 0 Å². The maximum atomic E-state index is 11.9. The van der Waals surface area contributed by atoms with E-state index in [1.807, 2.05) is 24.3 Å². The van der Waals surface area contributed by atoms with Crippen molar-refractivity contribution in [3.05, 3.63) is 29.8 Å². The van der Waals surface area contributed by atoms with Gasteiger partial charge in [-0.15, -0.1) is 0 Å². The van der Waals surface area contributed by atoms with Crippen LogP contribution in [0.4, 0.5) is 5.69 Å². The van der Waals surface area contributed by atoms with Gasteiger partial charge in [0.1, 0.15) is 0 Å². The summed E-state index contributed by atoms with van der Waals surface area (Å²) in [5.74, 6) is 1.00. The third kappa shape index (κ3) is 4.56. The number of nitrogens with zero attached hydrogens (tertiary/aromatic N) is 1.